The van der Waals surface area contributed by atoms with E-state index in [1.54, 1.807) is 0 Å². The third-order valence-electron chi connectivity index (χ3n) is 5.19. The van der Waals surface area contributed by atoms with E-state index in [1.165, 1.54) is 11.1 Å². The Kier molecular flexibility index (Phi) is 5.29. The van der Waals surface area contributed by atoms with E-state index >= 15 is 0 Å². The zero-order valence-electron chi connectivity index (χ0n) is 15.3. The highest BCUT2D eigenvalue weighted by Crippen LogP contribution is 2.27. The molecule has 1 aliphatic heterocycles. The quantitative estimate of drug-likeness (QED) is 0.701. The van der Waals surface area contributed by atoms with Gasteiger partial charge in [-0.2, -0.15) is 12.6 Å². The van der Waals surface area contributed by atoms with Crippen LogP contribution in [0.2, 0.25) is 0 Å². The van der Waals surface area contributed by atoms with Crippen molar-refractivity contribution in [3.05, 3.63) is 66.0 Å². The number of hydrogen-bond donors (Lipinski definition) is 1. The normalized spacial score (nSPS) is 17.6. The topological polar surface area (TPSA) is 24.3 Å². The van der Waals surface area contributed by atoms with Crippen LogP contribution >= 0.6 is 12.6 Å². The Bertz CT molecular complexity index is 853. The maximum Gasteiger partial charge on any atom is 0.124 e. The van der Waals surface area contributed by atoms with Crippen LogP contribution in [0.25, 0.3) is 11.0 Å². The third-order valence-corrected chi connectivity index (χ3v) is 5.59. The highest BCUT2D eigenvalue weighted by atomic mass is 32.1. The largest absolute Gasteiger partial charge is 0.323 e. The summed E-state index contributed by atoms with van der Waals surface area (Å²) in [6.45, 7) is 6.23. The lowest BCUT2D eigenvalue weighted by Gasteiger charge is -2.33. The van der Waals surface area contributed by atoms with Gasteiger partial charge in [-0.25, -0.2) is 4.98 Å². The monoisotopic (exact) mass is 366 g/mol. The fourth-order valence-electron chi connectivity index (χ4n) is 3.64. The second-order valence-electron chi connectivity index (χ2n) is 7.15. The Hall–Kier alpha value is -1.82. The SMILES string of the molecule is CN1CCN(CC(S)c2nc3ccccc3n2Cc2ccccc2)CC1. The zero-order chi connectivity index (χ0) is 17.9. The van der Waals surface area contributed by atoms with Crippen molar-refractivity contribution in [1.29, 1.82) is 0 Å². The third kappa shape index (κ3) is 3.80. The molecule has 1 atom stereocenters. The van der Waals surface area contributed by atoms with Crippen molar-refractivity contribution < 1.29 is 0 Å². The van der Waals surface area contributed by atoms with Crippen molar-refractivity contribution in [2.45, 2.75) is 11.8 Å². The first-order valence-corrected chi connectivity index (χ1v) is 9.80. The molecule has 1 saturated heterocycles. The molecule has 0 bridgehead atoms. The van der Waals surface area contributed by atoms with Crippen LogP contribution in [0.5, 0.6) is 0 Å². The predicted molar refractivity (Wildman–Crippen MR) is 111 cm³/mol. The number of fused-ring (bicyclic) bond motifs is 1. The Morgan fingerprint density at radius 2 is 1.65 bits per heavy atom. The first kappa shape index (κ1) is 17.6. The maximum absolute atomic E-state index is 4.96. The molecule has 3 aromatic rings. The summed E-state index contributed by atoms with van der Waals surface area (Å²) in [4.78, 5) is 9.83. The number of rotatable bonds is 5. The number of imidazole rings is 1. The molecule has 0 N–H and O–H groups in total. The zero-order valence-corrected chi connectivity index (χ0v) is 16.1. The Morgan fingerprint density at radius 3 is 2.42 bits per heavy atom. The Labute approximate surface area is 160 Å². The van der Waals surface area contributed by atoms with Crippen molar-refractivity contribution in [2.75, 3.05) is 39.8 Å². The Morgan fingerprint density at radius 1 is 0.962 bits per heavy atom. The summed E-state index contributed by atoms with van der Waals surface area (Å²) < 4.78 is 2.33. The van der Waals surface area contributed by atoms with Crippen LogP contribution in [0.3, 0.4) is 0 Å². The van der Waals surface area contributed by atoms with Crippen molar-refractivity contribution in [1.82, 2.24) is 19.4 Å². The van der Waals surface area contributed by atoms with Crippen LogP contribution in [-0.4, -0.2) is 59.1 Å². The summed E-state index contributed by atoms with van der Waals surface area (Å²) in [6, 6.07) is 19.0. The second-order valence-corrected chi connectivity index (χ2v) is 7.77. The van der Waals surface area contributed by atoms with E-state index in [-0.39, 0.29) is 5.25 Å². The molecule has 1 aromatic heterocycles. The van der Waals surface area contributed by atoms with Gasteiger partial charge < -0.3 is 9.47 Å². The molecule has 4 nitrogen and oxygen atoms in total. The van der Waals surface area contributed by atoms with Gasteiger partial charge in [0.25, 0.3) is 0 Å². The molecule has 136 valence electrons. The fourth-order valence-corrected chi connectivity index (χ4v) is 4.07. The highest BCUT2D eigenvalue weighted by Gasteiger charge is 2.22. The molecule has 5 heteroatoms. The maximum atomic E-state index is 4.96. The molecule has 4 rings (SSSR count). The van der Waals surface area contributed by atoms with Gasteiger partial charge in [0.05, 0.1) is 16.3 Å². The minimum Gasteiger partial charge on any atom is -0.323 e. The molecule has 0 spiro atoms. The molecule has 0 aliphatic carbocycles. The van der Waals surface area contributed by atoms with Crippen LogP contribution in [0.4, 0.5) is 0 Å². The van der Waals surface area contributed by atoms with Crippen LogP contribution < -0.4 is 0 Å². The van der Waals surface area contributed by atoms with E-state index < -0.39 is 0 Å². The number of piperazine rings is 1. The summed E-state index contributed by atoms with van der Waals surface area (Å²) in [5.74, 6) is 1.07. The average molecular weight is 367 g/mol. The van der Waals surface area contributed by atoms with Crippen molar-refractivity contribution >= 4 is 23.7 Å². The average Bonchev–Trinajstić information content (AvgIpc) is 3.03. The van der Waals surface area contributed by atoms with Crippen LogP contribution in [0.15, 0.2) is 54.6 Å². The van der Waals surface area contributed by atoms with Crippen molar-refractivity contribution in [3.63, 3.8) is 0 Å². The van der Waals surface area contributed by atoms with Gasteiger partial charge >= 0.3 is 0 Å². The summed E-state index contributed by atoms with van der Waals surface area (Å²) in [7, 11) is 2.19. The van der Waals surface area contributed by atoms with E-state index in [1.807, 2.05) is 0 Å². The molecule has 1 aliphatic rings. The molecule has 0 saturated carbocycles. The van der Waals surface area contributed by atoms with Crippen LogP contribution in [0.1, 0.15) is 16.6 Å². The summed E-state index contributed by atoms with van der Waals surface area (Å²) >= 11 is 4.96. The molecular formula is C21H26N4S. The number of aromatic nitrogens is 2. The number of para-hydroxylation sites is 2. The van der Waals surface area contributed by atoms with Gasteiger partial charge in [0.2, 0.25) is 0 Å². The van der Waals surface area contributed by atoms with E-state index in [0.717, 1.165) is 50.6 Å². The van der Waals surface area contributed by atoms with Gasteiger partial charge in [0, 0.05) is 39.3 Å². The lowest BCUT2D eigenvalue weighted by molar-refractivity contribution is 0.154. The molecule has 0 amide bonds. The minimum atomic E-state index is 0.106. The van der Waals surface area contributed by atoms with Gasteiger partial charge in [-0.1, -0.05) is 42.5 Å². The lowest BCUT2D eigenvalue weighted by Crippen LogP contribution is -2.45. The summed E-state index contributed by atoms with van der Waals surface area (Å²) in [5, 5.41) is 0.106. The molecule has 1 unspecified atom stereocenters. The molecule has 1 fully saturated rings. The van der Waals surface area contributed by atoms with Gasteiger partial charge in [0.1, 0.15) is 5.82 Å². The number of benzene rings is 2. The van der Waals surface area contributed by atoms with Gasteiger partial charge in [0.15, 0.2) is 0 Å². The number of hydrogen-bond acceptors (Lipinski definition) is 4. The minimum absolute atomic E-state index is 0.106. The van der Waals surface area contributed by atoms with Crippen molar-refractivity contribution in [2.24, 2.45) is 0 Å². The Balaban J connectivity index is 1.62. The second kappa shape index (κ2) is 7.82. The molecule has 0 radical (unpaired) electrons. The number of nitrogens with zero attached hydrogens (tertiary/aromatic N) is 4. The van der Waals surface area contributed by atoms with E-state index in [0.29, 0.717) is 0 Å². The number of likely N-dealkylation sites (N-methyl/N-ethyl adjacent to an activating group) is 1. The van der Waals surface area contributed by atoms with E-state index in [4.69, 9.17) is 17.6 Å². The van der Waals surface area contributed by atoms with E-state index in [2.05, 4.69) is 76.0 Å². The van der Waals surface area contributed by atoms with Gasteiger partial charge in [-0.15, -0.1) is 0 Å². The van der Waals surface area contributed by atoms with E-state index in [9.17, 15) is 0 Å². The first-order valence-electron chi connectivity index (χ1n) is 9.29. The van der Waals surface area contributed by atoms with Crippen LogP contribution in [-0.2, 0) is 6.54 Å². The van der Waals surface area contributed by atoms with Crippen LogP contribution in [0, 0.1) is 0 Å². The first-order chi connectivity index (χ1) is 12.7. The molecular weight excluding hydrogens is 340 g/mol. The smallest absolute Gasteiger partial charge is 0.124 e. The molecule has 26 heavy (non-hydrogen) atoms. The van der Waals surface area contributed by atoms with Gasteiger partial charge in [-0.3, -0.25) is 4.90 Å². The summed E-state index contributed by atoms with van der Waals surface area (Å²) in [6.07, 6.45) is 0. The van der Waals surface area contributed by atoms with Gasteiger partial charge in [-0.05, 0) is 24.7 Å². The standard InChI is InChI=1S/C21H26N4S/c1-23-11-13-24(14-12-23)16-20(26)21-22-18-9-5-6-10-19(18)25(21)15-17-7-3-2-4-8-17/h2-10,20,26H,11-16H2,1H3. The predicted octanol–water partition coefficient (Wildman–Crippen LogP) is 3.30. The molecule has 2 heterocycles. The lowest BCUT2D eigenvalue weighted by atomic mass is 10.2. The highest BCUT2D eigenvalue weighted by molar-refractivity contribution is 7.80. The summed E-state index contributed by atoms with van der Waals surface area (Å²) in [5.41, 5.74) is 3.52. The fraction of sp³-hybridized carbons (Fsp3) is 0.381. The van der Waals surface area contributed by atoms with Crippen molar-refractivity contribution in [3.8, 4) is 0 Å². The molecule has 2 aromatic carbocycles. The number of thiol groups is 1.